The maximum absolute atomic E-state index is 5.89. The summed E-state index contributed by atoms with van der Waals surface area (Å²) < 4.78 is 9.81. The van der Waals surface area contributed by atoms with Gasteiger partial charge < -0.3 is 9.47 Å². The van der Waals surface area contributed by atoms with Crippen LogP contribution in [-0.4, -0.2) is 32.8 Å². The molecule has 0 aromatic rings. The maximum Gasteiger partial charge on any atom is 0.0626 e. The molecule has 0 aromatic heterocycles. The Hall–Kier alpha value is 0.210. The van der Waals surface area contributed by atoms with Gasteiger partial charge in [0.15, 0.2) is 0 Å². The molecule has 0 aliphatic carbocycles. The fourth-order valence-electron chi connectivity index (χ4n) is 0.876. The summed E-state index contributed by atoms with van der Waals surface area (Å²) in [5.74, 6) is 0. The van der Waals surface area contributed by atoms with Crippen LogP contribution in [0.2, 0.25) is 0 Å². The summed E-state index contributed by atoms with van der Waals surface area (Å²) in [6, 6.07) is 0. The number of alkyl halides is 1. The molecule has 0 rings (SSSR count). The SMILES string of the molecule is COCCCCC(Cl)COC. The molecule has 11 heavy (non-hydrogen) atoms. The average Bonchev–Trinajstić information content (AvgIpc) is 1.99. The molecule has 0 aliphatic rings. The maximum atomic E-state index is 5.89. The highest BCUT2D eigenvalue weighted by Gasteiger charge is 2.02. The van der Waals surface area contributed by atoms with Crippen LogP contribution >= 0.6 is 11.6 Å². The molecule has 0 aromatic carbocycles. The van der Waals surface area contributed by atoms with Crippen LogP contribution in [0.15, 0.2) is 0 Å². The van der Waals surface area contributed by atoms with Crippen LogP contribution in [0.5, 0.6) is 0 Å². The Bertz CT molecular complexity index is 78.5. The number of methoxy groups -OCH3 is 2. The second-order valence-corrected chi connectivity index (χ2v) is 3.16. The molecule has 0 aliphatic heterocycles. The summed E-state index contributed by atoms with van der Waals surface area (Å²) in [7, 11) is 3.39. The van der Waals surface area contributed by atoms with Crippen LogP contribution < -0.4 is 0 Å². The van der Waals surface area contributed by atoms with Gasteiger partial charge >= 0.3 is 0 Å². The second kappa shape index (κ2) is 8.31. The Morgan fingerprint density at radius 3 is 2.45 bits per heavy atom. The van der Waals surface area contributed by atoms with Crippen LogP contribution in [-0.2, 0) is 9.47 Å². The third-order valence-electron chi connectivity index (χ3n) is 1.46. The number of hydrogen-bond acceptors (Lipinski definition) is 2. The molecule has 0 bridgehead atoms. The van der Waals surface area contributed by atoms with E-state index in [1.54, 1.807) is 14.2 Å². The van der Waals surface area contributed by atoms with Gasteiger partial charge in [0.1, 0.15) is 0 Å². The zero-order valence-corrected chi connectivity index (χ0v) is 8.06. The standard InChI is InChI=1S/C8H17ClO2/c1-10-6-4-3-5-8(9)7-11-2/h8H,3-7H2,1-2H3. The average molecular weight is 181 g/mol. The first kappa shape index (κ1) is 11.2. The monoisotopic (exact) mass is 180 g/mol. The Labute approximate surface area is 73.8 Å². The summed E-state index contributed by atoms with van der Waals surface area (Å²) >= 11 is 5.89. The topological polar surface area (TPSA) is 18.5 Å². The Morgan fingerprint density at radius 2 is 1.91 bits per heavy atom. The fourth-order valence-corrected chi connectivity index (χ4v) is 1.16. The molecule has 1 unspecified atom stereocenters. The zero-order valence-electron chi connectivity index (χ0n) is 7.31. The van der Waals surface area contributed by atoms with Gasteiger partial charge in [0.05, 0.1) is 12.0 Å². The van der Waals surface area contributed by atoms with E-state index in [0.717, 1.165) is 25.9 Å². The van der Waals surface area contributed by atoms with Crippen LogP contribution in [0.25, 0.3) is 0 Å². The predicted molar refractivity (Wildman–Crippen MR) is 47.2 cm³/mol. The molecule has 0 spiro atoms. The van der Waals surface area contributed by atoms with Gasteiger partial charge in [-0.3, -0.25) is 0 Å². The van der Waals surface area contributed by atoms with Crippen molar-refractivity contribution in [3.05, 3.63) is 0 Å². The highest BCUT2D eigenvalue weighted by atomic mass is 35.5. The van der Waals surface area contributed by atoms with Crippen molar-refractivity contribution < 1.29 is 9.47 Å². The highest BCUT2D eigenvalue weighted by Crippen LogP contribution is 2.07. The van der Waals surface area contributed by atoms with E-state index in [9.17, 15) is 0 Å². The summed E-state index contributed by atoms with van der Waals surface area (Å²) in [5, 5.41) is 0.164. The Morgan fingerprint density at radius 1 is 1.18 bits per heavy atom. The van der Waals surface area contributed by atoms with Gasteiger partial charge in [-0.1, -0.05) is 0 Å². The van der Waals surface area contributed by atoms with Crippen LogP contribution in [0, 0.1) is 0 Å². The minimum Gasteiger partial charge on any atom is -0.385 e. The molecule has 68 valence electrons. The normalized spacial score (nSPS) is 13.4. The van der Waals surface area contributed by atoms with E-state index in [0.29, 0.717) is 6.61 Å². The zero-order chi connectivity index (χ0) is 8.53. The van der Waals surface area contributed by atoms with Crippen molar-refractivity contribution in [2.75, 3.05) is 27.4 Å². The minimum absolute atomic E-state index is 0.164. The lowest BCUT2D eigenvalue weighted by atomic mass is 10.2. The van der Waals surface area contributed by atoms with Crippen molar-refractivity contribution >= 4 is 11.6 Å². The third-order valence-corrected chi connectivity index (χ3v) is 1.81. The second-order valence-electron chi connectivity index (χ2n) is 2.54. The molecule has 1 atom stereocenters. The molecule has 2 nitrogen and oxygen atoms in total. The molecule has 3 heteroatoms. The molecule has 0 N–H and O–H groups in total. The van der Waals surface area contributed by atoms with Crippen LogP contribution in [0.3, 0.4) is 0 Å². The van der Waals surface area contributed by atoms with Crippen LogP contribution in [0.1, 0.15) is 19.3 Å². The Balaban J connectivity index is 2.97. The molecule has 0 fully saturated rings. The first-order chi connectivity index (χ1) is 5.31. The summed E-state index contributed by atoms with van der Waals surface area (Å²) in [5.41, 5.74) is 0. The van der Waals surface area contributed by atoms with Gasteiger partial charge in [-0.05, 0) is 19.3 Å². The quantitative estimate of drug-likeness (QED) is 0.441. The first-order valence-electron chi connectivity index (χ1n) is 3.93. The molecular weight excluding hydrogens is 164 g/mol. The molecular formula is C8H17ClO2. The number of ether oxygens (including phenoxy) is 2. The van der Waals surface area contributed by atoms with Gasteiger partial charge in [0.2, 0.25) is 0 Å². The van der Waals surface area contributed by atoms with E-state index in [1.807, 2.05) is 0 Å². The largest absolute Gasteiger partial charge is 0.385 e. The lowest BCUT2D eigenvalue weighted by Crippen LogP contribution is -2.07. The lowest BCUT2D eigenvalue weighted by molar-refractivity contribution is 0.182. The van der Waals surface area contributed by atoms with Crippen molar-refractivity contribution in [3.63, 3.8) is 0 Å². The van der Waals surface area contributed by atoms with E-state index >= 15 is 0 Å². The van der Waals surface area contributed by atoms with E-state index < -0.39 is 0 Å². The van der Waals surface area contributed by atoms with Gasteiger partial charge in [0.25, 0.3) is 0 Å². The number of hydrogen-bond donors (Lipinski definition) is 0. The van der Waals surface area contributed by atoms with Crippen LogP contribution in [0.4, 0.5) is 0 Å². The molecule has 0 saturated heterocycles. The first-order valence-corrected chi connectivity index (χ1v) is 4.36. The van der Waals surface area contributed by atoms with Gasteiger partial charge in [0, 0.05) is 20.8 Å². The van der Waals surface area contributed by atoms with Gasteiger partial charge in [-0.2, -0.15) is 0 Å². The fraction of sp³-hybridized carbons (Fsp3) is 1.00. The summed E-state index contributed by atoms with van der Waals surface area (Å²) in [6.07, 6.45) is 3.22. The minimum atomic E-state index is 0.164. The Kier molecular flexibility index (Phi) is 8.47. The summed E-state index contributed by atoms with van der Waals surface area (Å²) in [6.45, 7) is 1.48. The van der Waals surface area contributed by atoms with Crippen molar-refractivity contribution in [2.45, 2.75) is 24.6 Å². The van der Waals surface area contributed by atoms with Crippen molar-refractivity contribution in [1.29, 1.82) is 0 Å². The predicted octanol–water partition coefficient (Wildman–Crippen LogP) is 2.06. The molecule has 0 radical (unpaired) electrons. The molecule has 0 heterocycles. The van der Waals surface area contributed by atoms with Crippen molar-refractivity contribution in [2.24, 2.45) is 0 Å². The third kappa shape index (κ3) is 8.11. The van der Waals surface area contributed by atoms with E-state index in [-0.39, 0.29) is 5.38 Å². The van der Waals surface area contributed by atoms with Gasteiger partial charge in [-0.25, -0.2) is 0 Å². The number of unbranched alkanes of at least 4 members (excludes halogenated alkanes) is 1. The highest BCUT2D eigenvalue weighted by molar-refractivity contribution is 6.20. The van der Waals surface area contributed by atoms with Crippen molar-refractivity contribution in [3.8, 4) is 0 Å². The molecule has 0 amide bonds. The van der Waals surface area contributed by atoms with Gasteiger partial charge in [-0.15, -0.1) is 11.6 Å². The number of rotatable bonds is 7. The van der Waals surface area contributed by atoms with E-state index in [1.165, 1.54) is 0 Å². The number of halogens is 1. The van der Waals surface area contributed by atoms with Crippen molar-refractivity contribution in [1.82, 2.24) is 0 Å². The van der Waals surface area contributed by atoms with E-state index in [4.69, 9.17) is 21.1 Å². The smallest absolute Gasteiger partial charge is 0.0626 e. The lowest BCUT2D eigenvalue weighted by Gasteiger charge is -2.06. The summed E-state index contributed by atoms with van der Waals surface area (Å²) in [4.78, 5) is 0. The molecule has 0 saturated carbocycles. The van der Waals surface area contributed by atoms with E-state index in [2.05, 4.69) is 0 Å².